The maximum absolute atomic E-state index is 12.4. The van der Waals surface area contributed by atoms with Gasteiger partial charge in [0.15, 0.2) is 11.5 Å². The van der Waals surface area contributed by atoms with Crippen LogP contribution in [-0.4, -0.2) is 32.7 Å². The van der Waals surface area contributed by atoms with E-state index in [0.29, 0.717) is 12.3 Å². The Morgan fingerprint density at radius 2 is 1.86 bits per heavy atom. The zero-order valence-corrected chi connectivity index (χ0v) is 17.5. The fraction of sp³-hybridized carbons (Fsp3) is 0.458. The largest absolute Gasteiger partial charge is 0.493 e. The Kier molecular flexibility index (Phi) is 5.65. The van der Waals surface area contributed by atoms with E-state index in [4.69, 9.17) is 9.47 Å². The summed E-state index contributed by atoms with van der Waals surface area (Å²) in [5.74, 6) is 2.47. The monoisotopic (exact) mass is 394 g/mol. The van der Waals surface area contributed by atoms with Gasteiger partial charge in [-0.15, -0.1) is 0 Å². The van der Waals surface area contributed by atoms with E-state index in [2.05, 4.69) is 36.5 Å². The quantitative estimate of drug-likeness (QED) is 0.719. The van der Waals surface area contributed by atoms with E-state index < -0.39 is 0 Å². The summed E-state index contributed by atoms with van der Waals surface area (Å²) in [7, 11) is 3.31. The molecule has 0 radical (unpaired) electrons. The van der Waals surface area contributed by atoms with Crippen molar-refractivity contribution in [2.45, 2.75) is 45.1 Å². The van der Waals surface area contributed by atoms with Crippen LogP contribution in [0.15, 0.2) is 36.4 Å². The summed E-state index contributed by atoms with van der Waals surface area (Å²) < 4.78 is 10.7. The number of methoxy groups -OCH3 is 2. The fourth-order valence-corrected chi connectivity index (χ4v) is 4.11. The average Bonchev–Trinajstić information content (AvgIpc) is 3.54. The minimum Gasteiger partial charge on any atom is -0.493 e. The molecule has 154 valence electrons. The van der Waals surface area contributed by atoms with Gasteiger partial charge in [-0.3, -0.25) is 4.79 Å². The Bertz CT molecular complexity index is 892. The zero-order valence-electron chi connectivity index (χ0n) is 17.5. The number of ether oxygens (including phenoxy) is 2. The average molecular weight is 395 g/mol. The van der Waals surface area contributed by atoms with Crippen LogP contribution < -0.4 is 19.7 Å². The predicted octanol–water partition coefficient (Wildman–Crippen LogP) is 4.44. The summed E-state index contributed by atoms with van der Waals surface area (Å²) in [6.45, 7) is 3.06. The van der Waals surface area contributed by atoms with Crippen molar-refractivity contribution < 1.29 is 14.3 Å². The molecule has 2 aliphatic rings. The van der Waals surface area contributed by atoms with Crippen molar-refractivity contribution in [1.82, 2.24) is 0 Å². The van der Waals surface area contributed by atoms with Gasteiger partial charge in [-0.2, -0.15) is 0 Å². The molecule has 1 heterocycles. The van der Waals surface area contributed by atoms with Crippen LogP contribution in [0.25, 0.3) is 0 Å². The lowest BCUT2D eigenvalue weighted by Crippen LogP contribution is -2.36. The highest BCUT2D eigenvalue weighted by Gasteiger charge is 2.31. The van der Waals surface area contributed by atoms with Crippen LogP contribution in [0.4, 0.5) is 11.4 Å². The molecule has 0 unspecified atom stereocenters. The van der Waals surface area contributed by atoms with Gasteiger partial charge in [0.1, 0.15) is 0 Å². The Morgan fingerprint density at radius 1 is 1.07 bits per heavy atom. The third kappa shape index (κ3) is 4.50. The molecule has 4 rings (SSSR count). The van der Waals surface area contributed by atoms with Gasteiger partial charge in [-0.05, 0) is 80.0 Å². The first-order valence-corrected chi connectivity index (χ1v) is 10.5. The van der Waals surface area contributed by atoms with Crippen molar-refractivity contribution in [1.29, 1.82) is 0 Å². The molecule has 1 saturated carbocycles. The summed E-state index contributed by atoms with van der Waals surface area (Å²) in [4.78, 5) is 14.4. The van der Waals surface area contributed by atoms with Crippen LogP contribution in [0.2, 0.25) is 0 Å². The normalized spacial score (nSPS) is 16.9. The number of fused-ring (bicyclic) bond motifs is 1. The molecule has 1 aliphatic carbocycles. The number of hydrogen-bond donors (Lipinski definition) is 1. The number of aryl methyl sites for hydroxylation is 1. The summed E-state index contributed by atoms with van der Waals surface area (Å²) in [5, 5.41) is 3.61. The Balaban J connectivity index is 1.43. The summed E-state index contributed by atoms with van der Waals surface area (Å²) in [5.41, 5.74) is 4.68. The minimum atomic E-state index is 0.263. The second kappa shape index (κ2) is 8.36. The topological polar surface area (TPSA) is 50.8 Å². The highest BCUT2D eigenvalue weighted by atomic mass is 16.5. The molecule has 1 aliphatic heterocycles. The fourth-order valence-electron chi connectivity index (χ4n) is 4.11. The van der Waals surface area contributed by atoms with Gasteiger partial charge in [-0.1, -0.05) is 6.07 Å². The molecular weight excluding hydrogens is 364 g/mol. The number of carbonyl (C=O) groups excluding carboxylic acids is 1. The number of rotatable bonds is 8. The zero-order chi connectivity index (χ0) is 20.4. The van der Waals surface area contributed by atoms with Crippen LogP contribution in [0, 0.1) is 5.92 Å². The molecule has 2 aromatic rings. The van der Waals surface area contributed by atoms with E-state index in [-0.39, 0.29) is 11.9 Å². The minimum absolute atomic E-state index is 0.263. The third-order valence-electron chi connectivity index (χ3n) is 5.82. The molecule has 0 spiro atoms. The lowest BCUT2D eigenvalue weighted by molar-refractivity contribution is -0.118. The molecule has 1 atom stereocenters. The van der Waals surface area contributed by atoms with Gasteiger partial charge in [0.2, 0.25) is 5.91 Å². The molecule has 2 aromatic carbocycles. The van der Waals surface area contributed by atoms with Crippen molar-refractivity contribution >= 4 is 17.3 Å². The molecule has 0 aromatic heterocycles. The summed E-state index contributed by atoms with van der Waals surface area (Å²) >= 11 is 0. The first-order valence-electron chi connectivity index (χ1n) is 10.5. The van der Waals surface area contributed by atoms with E-state index in [1.54, 1.807) is 14.2 Å². The molecule has 5 nitrogen and oxygen atoms in total. The highest BCUT2D eigenvalue weighted by Crippen LogP contribution is 2.36. The summed E-state index contributed by atoms with van der Waals surface area (Å²) in [6.07, 6.45) is 4.84. The Labute approximate surface area is 173 Å². The third-order valence-corrected chi connectivity index (χ3v) is 5.82. The van der Waals surface area contributed by atoms with Crippen molar-refractivity contribution in [2.75, 3.05) is 31.0 Å². The highest BCUT2D eigenvalue weighted by molar-refractivity contribution is 5.96. The number of nitrogens with zero attached hydrogens (tertiary/aromatic N) is 1. The first-order chi connectivity index (χ1) is 14.1. The number of amides is 1. The molecule has 0 saturated heterocycles. The molecule has 29 heavy (non-hydrogen) atoms. The van der Waals surface area contributed by atoms with Crippen molar-refractivity contribution in [3.63, 3.8) is 0 Å². The maximum atomic E-state index is 12.4. The van der Waals surface area contributed by atoms with Crippen LogP contribution in [0.3, 0.4) is 0 Å². The molecule has 0 bridgehead atoms. The molecule has 1 N–H and O–H groups in total. The van der Waals surface area contributed by atoms with Gasteiger partial charge < -0.3 is 19.7 Å². The van der Waals surface area contributed by atoms with Gasteiger partial charge in [0.05, 0.1) is 14.2 Å². The standard InChI is InChI=1S/C24H30N2O3/c1-16(12-18-6-10-22(28-2)23(13-18)29-3)25-20-8-9-21-19(14-20)7-11-24(27)26(21)15-17-4-5-17/h6,8-10,13-14,16-17,25H,4-5,7,11-12,15H2,1-3H3/t16-/m0/s1. The molecular formula is C24H30N2O3. The first kappa shape index (κ1) is 19.6. The number of hydrogen-bond acceptors (Lipinski definition) is 4. The molecule has 5 heteroatoms. The SMILES string of the molecule is COc1ccc(C[C@H](C)Nc2ccc3c(c2)CCC(=O)N3CC2CC2)cc1OC. The van der Waals surface area contributed by atoms with E-state index in [1.807, 2.05) is 17.0 Å². The predicted molar refractivity (Wildman–Crippen MR) is 116 cm³/mol. The van der Waals surface area contributed by atoms with Crippen LogP contribution in [0.5, 0.6) is 11.5 Å². The van der Waals surface area contributed by atoms with E-state index >= 15 is 0 Å². The number of anilines is 2. The van der Waals surface area contributed by atoms with E-state index in [9.17, 15) is 4.79 Å². The van der Waals surface area contributed by atoms with Crippen LogP contribution in [0.1, 0.15) is 37.3 Å². The lowest BCUT2D eigenvalue weighted by atomic mass is 9.99. The van der Waals surface area contributed by atoms with Crippen molar-refractivity contribution in [3.05, 3.63) is 47.5 Å². The van der Waals surface area contributed by atoms with Crippen LogP contribution in [-0.2, 0) is 17.6 Å². The molecule has 1 amide bonds. The van der Waals surface area contributed by atoms with Crippen molar-refractivity contribution in [3.8, 4) is 11.5 Å². The van der Waals surface area contributed by atoms with E-state index in [0.717, 1.165) is 42.3 Å². The maximum Gasteiger partial charge on any atom is 0.227 e. The van der Waals surface area contributed by atoms with Gasteiger partial charge in [0, 0.05) is 30.4 Å². The van der Waals surface area contributed by atoms with Crippen LogP contribution >= 0.6 is 0 Å². The number of benzene rings is 2. The molecule has 1 fully saturated rings. The number of nitrogens with one attached hydrogen (secondary N) is 1. The van der Waals surface area contributed by atoms with Crippen molar-refractivity contribution in [2.24, 2.45) is 5.92 Å². The second-order valence-electron chi connectivity index (χ2n) is 8.23. The number of carbonyl (C=O) groups is 1. The van der Waals surface area contributed by atoms with Gasteiger partial charge in [-0.25, -0.2) is 0 Å². The second-order valence-corrected chi connectivity index (χ2v) is 8.23. The van der Waals surface area contributed by atoms with Gasteiger partial charge >= 0.3 is 0 Å². The Hall–Kier alpha value is -2.69. The smallest absolute Gasteiger partial charge is 0.227 e. The lowest BCUT2D eigenvalue weighted by Gasteiger charge is -2.30. The van der Waals surface area contributed by atoms with E-state index in [1.165, 1.54) is 24.0 Å². The van der Waals surface area contributed by atoms with Gasteiger partial charge in [0.25, 0.3) is 0 Å². The Morgan fingerprint density at radius 3 is 2.59 bits per heavy atom. The summed E-state index contributed by atoms with van der Waals surface area (Å²) in [6, 6.07) is 12.7.